The van der Waals surface area contributed by atoms with Crippen LogP contribution >= 0.6 is 7.82 Å². The fraction of sp³-hybridized carbons (Fsp3) is 0.632. The quantitative estimate of drug-likeness (QED) is 0.0197. The maximum atomic E-state index is 13.0. The predicted molar refractivity (Wildman–Crippen MR) is 334 cm³/mol. The number of phosphoric acid groups is 1. The summed E-state index contributed by atoms with van der Waals surface area (Å²) in [6.07, 6.45) is 76.8. The number of esters is 3. The lowest BCUT2D eigenvalue weighted by Crippen LogP contribution is -2.30. The van der Waals surface area contributed by atoms with Crippen molar-refractivity contribution in [3.05, 3.63) is 134 Å². The maximum Gasteiger partial charge on any atom is 0.472 e. The Hall–Kier alpha value is -4.38. The third kappa shape index (κ3) is 58.3. The molecule has 0 aromatic heterocycles. The number of carbonyl (C=O) groups is 3. The highest BCUT2D eigenvalue weighted by Gasteiger charge is 2.28. The van der Waals surface area contributed by atoms with Crippen LogP contribution in [0.1, 0.15) is 239 Å². The predicted octanol–water partition coefficient (Wildman–Crippen LogP) is 18.9. The Balaban J connectivity index is 4.84. The lowest BCUT2D eigenvalue weighted by Gasteiger charge is -2.21. The van der Waals surface area contributed by atoms with Gasteiger partial charge in [0.2, 0.25) is 0 Å². The van der Waals surface area contributed by atoms with Crippen LogP contribution in [-0.4, -0.2) is 66.5 Å². The molecular weight excluding hydrogens is 1020 g/mol. The van der Waals surface area contributed by atoms with Crippen LogP contribution in [0, 0.1) is 0 Å². The van der Waals surface area contributed by atoms with Gasteiger partial charge in [-0.15, -0.1) is 0 Å². The van der Waals surface area contributed by atoms with Crippen molar-refractivity contribution < 1.29 is 52.2 Å². The highest BCUT2D eigenvalue weighted by molar-refractivity contribution is 7.47. The van der Waals surface area contributed by atoms with E-state index in [0.29, 0.717) is 19.3 Å². The largest absolute Gasteiger partial charge is 0.472 e. The Labute approximate surface area is 487 Å². The smallest absolute Gasteiger partial charge is 0.462 e. The van der Waals surface area contributed by atoms with E-state index < -0.39 is 57.8 Å². The zero-order valence-electron chi connectivity index (χ0n) is 50.2. The molecule has 2 N–H and O–H groups in total. The molecule has 0 bridgehead atoms. The Bertz CT molecular complexity index is 1850. The van der Waals surface area contributed by atoms with Crippen LogP contribution in [0.15, 0.2) is 134 Å². The van der Waals surface area contributed by atoms with Crippen LogP contribution in [-0.2, 0) is 42.2 Å². The average Bonchev–Trinajstić information content (AvgIpc) is 3.45. The van der Waals surface area contributed by atoms with Crippen LogP contribution in [0.3, 0.4) is 0 Å². The van der Waals surface area contributed by atoms with E-state index >= 15 is 0 Å². The summed E-state index contributed by atoms with van der Waals surface area (Å²) in [4.78, 5) is 48.7. The number of allylic oxidation sites excluding steroid dienone is 22. The van der Waals surface area contributed by atoms with E-state index in [1.54, 1.807) is 0 Å². The van der Waals surface area contributed by atoms with Crippen LogP contribution in [0.5, 0.6) is 0 Å². The second-order valence-electron chi connectivity index (χ2n) is 20.1. The van der Waals surface area contributed by atoms with E-state index in [1.807, 2.05) is 0 Å². The average molecular weight is 1140 g/mol. The maximum absolute atomic E-state index is 13.0. The van der Waals surface area contributed by atoms with E-state index in [0.717, 1.165) is 154 Å². The van der Waals surface area contributed by atoms with Crippen LogP contribution in [0.25, 0.3) is 0 Å². The van der Waals surface area contributed by atoms with Gasteiger partial charge in [-0.3, -0.25) is 23.4 Å². The third-order valence-electron chi connectivity index (χ3n) is 12.5. The number of aliphatic hydroxyl groups is 1. The van der Waals surface area contributed by atoms with Gasteiger partial charge in [-0.25, -0.2) is 4.57 Å². The summed E-state index contributed by atoms with van der Waals surface area (Å²) in [7, 11) is -4.78. The van der Waals surface area contributed by atoms with Gasteiger partial charge in [-0.1, -0.05) is 219 Å². The van der Waals surface area contributed by atoms with Gasteiger partial charge in [0.25, 0.3) is 0 Å². The summed E-state index contributed by atoms with van der Waals surface area (Å²) in [5.74, 6) is -1.55. The molecule has 80 heavy (non-hydrogen) atoms. The molecule has 11 nitrogen and oxygen atoms in total. The Morgan fingerprint density at radius 1 is 0.362 bits per heavy atom. The molecule has 454 valence electrons. The minimum Gasteiger partial charge on any atom is -0.462 e. The van der Waals surface area contributed by atoms with Crippen molar-refractivity contribution in [2.24, 2.45) is 0 Å². The van der Waals surface area contributed by atoms with E-state index in [9.17, 15) is 28.9 Å². The number of ether oxygens (including phenoxy) is 3. The highest BCUT2D eigenvalue weighted by atomic mass is 31.2. The van der Waals surface area contributed by atoms with Crippen molar-refractivity contribution in [1.29, 1.82) is 0 Å². The summed E-state index contributed by atoms with van der Waals surface area (Å²) < 4.78 is 39.6. The molecule has 0 aromatic carbocycles. The molecule has 0 aromatic rings. The molecule has 0 aliphatic carbocycles. The standard InChI is InChI=1S/C68H111O11P/c1-4-7-10-13-16-19-22-25-28-30-32-34-37-39-42-45-48-51-54-57-66(70)75-61-65(79-68(72)59-56-53-50-47-44-41-38-35-33-31-29-26-23-20-17-14-11-8-5-2)63-77-80(73,74)76-62-64(60-69)78-67(71)58-55-52-49-46-43-40-36-27-24-21-18-15-12-9-6-3/h7,9-10,12,16-21,25-29,32-36,39,42,64-65,69H,4-6,8,11,13-15,22-24,30-31,37-38,40-41,43-63H2,1-3H3,(H,73,74)/b10-7-,12-9-,19-16-,20-17-,21-18-,28-25-,29-26-,34-32-,35-33-,36-27-,42-39-. The highest BCUT2D eigenvalue weighted by Crippen LogP contribution is 2.43. The summed E-state index contributed by atoms with van der Waals surface area (Å²) >= 11 is 0. The number of carbonyl (C=O) groups excluding carboxylic acids is 3. The lowest BCUT2D eigenvalue weighted by atomic mass is 10.1. The molecule has 0 aliphatic heterocycles. The normalized spacial score (nSPS) is 14.2. The van der Waals surface area contributed by atoms with Crippen molar-refractivity contribution in [3.8, 4) is 0 Å². The van der Waals surface area contributed by atoms with Gasteiger partial charge < -0.3 is 24.2 Å². The Kier molecular flexibility index (Phi) is 57.4. The van der Waals surface area contributed by atoms with Crippen molar-refractivity contribution >= 4 is 25.7 Å². The molecule has 0 rings (SSSR count). The van der Waals surface area contributed by atoms with Crippen LogP contribution < -0.4 is 0 Å². The van der Waals surface area contributed by atoms with Crippen molar-refractivity contribution in [1.82, 2.24) is 0 Å². The summed E-state index contributed by atoms with van der Waals surface area (Å²) in [5.41, 5.74) is 0. The van der Waals surface area contributed by atoms with Gasteiger partial charge in [0, 0.05) is 19.3 Å². The van der Waals surface area contributed by atoms with Crippen LogP contribution in [0.2, 0.25) is 0 Å². The molecule has 12 heteroatoms. The number of hydrogen-bond donors (Lipinski definition) is 2. The van der Waals surface area contributed by atoms with Crippen molar-refractivity contribution in [2.75, 3.05) is 26.4 Å². The van der Waals surface area contributed by atoms with Gasteiger partial charge in [0.05, 0.1) is 19.8 Å². The number of unbranched alkanes of at least 4 members (excludes halogenated alkanes) is 17. The monoisotopic (exact) mass is 1130 g/mol. The third-order valence-corrected chi connectivity index (χ3v) is 13.5. The second-order valence-corrected chi connectivity index (χ2v) is 21.6. The van der Waals surface area contributed by atoms with Crippen LogP contribution in [0.4, 0.5) is 0 Å². The number of hydrogen-bond acceptors (Lipinski definition) is 10. The number of rotatable bonds is 56. The molecule has 0 heterocycles. The van der Waals surface area contributed by atoms with Gasteiger partial charge in [0.1, 0.15) is 12.7 Å². The molecule has 0 radical (unpaired) electrons. The number of phosphoric ester groups is 1. The molecule has 3 atom stereocenters. The summed E-state index contributed by atoms with van der Waals surface area (Å²) in [6.45, 7) is 4.32. The molecular formula is C68H111O11P. The number of aliphatic hydroxyl groups excluding tert-OH is 1. The summed E-state index contributed by atoms with van der Waals surface area (Å²) in [5, 5.41) is 9.84. The fourth-order valence-electron chi connectivity index (χ4n) is 7.87. The van der Waals surface area contributed by atoms with Gasteiger partial charge in [-0.2, -0.15) is 0 Å². The zero-order valence-corrected chi connectivity index (χ0v) is 51.1. The Morgan fingerprint density at radius 3 is 1.01 bits per heavy atom. The first-order chi connectivity index (χ1) is 39.2. The molecule has 0 aliphatic rings. The van der Waals surface area contributed by atoms with Gasteiger partial charge >= 0.3 is 25.7 Å². The van der Waals surface area contributed by atoms with Gasteiger partial charge in [-0.05, 0) is 135 Å². The molecule has 0 spiro atoms. The van der Waals surface area contributed by atoms with Gasteiger partial charge in [0.15, 0.2) is 6.10 Å². The first-order valence-electron chi connectivity index (χ1n) is 31.1. The van der Waals surface area contributed by atoms with E-state index in [-0.39, 0.29) is 25.9 Å². The first-order valence-corrected chi connectivity index (χ1v) is 32.6. The van der Waals surface area contributed by atoms with Crippen molar-refractivity contribution in [2.45, 2.75) is 251 Å². The van der Waals surface area contributed by atoms with E-state index in [2.05, 4.69) is 154 Å². The minimum atomic E-state index is -4.78. The molecule has 3 unspecified atom stereocenters. The second kappa shape index (κ2) is 60.7. The Morgan fingerprint density at radius 2 is 0.650 bits per heavy atom. The molecule has 0 saturated heterocycles. The van der Waals surface area contributed by atoms with E-state index in [1.165, 1.54) is 25.7 Å². The minimum absolute atomic E-state index is 0.137. The molecule has 0 saturated carbocycles. The molecule has 0 fully saturated rings. The first kappa shape index (κ1) is 75.6. The summed E-state index contributed by atoms with van der Waals surface area (Å²) in [6, 6.07) is 0. The zero-order chi connectivity index (χ0) is 58.3. The molecule has 0 amide bonds. The fourth-order valence-corrected chi connectivity index (χ4v) is 8.66. The topological polar surface area (TPSA) is 155 Å². The van der Waals surface area contributed by atoms with E-state index in [4.69, 9.17) is 23.3 Å². The van der Waals surface area contributed by atoms with Crippen molar-refractivity contribution in [3.63, 3.8) is 0 Å². The lowest BCUT2D eigenvalue weighted by molar-refractivity contribution is -0.161. The SMILES string of the molecule is CC/C=C\C/C=C\C/C=C\C/C=C\C/C=C\CCCCCC(=O)OCC(COP(=O)(O)OCC(CO)OC(=O)CCCCCCC/C=C\C/C=C\C/C=C\CC)OC(=O)CCCCCCCC/C=C\C/C=C\C/C=C\CCCCC.